The minimum absolute atomic E-state index is 0.0644. The van der Waals surface area contributed by atoms with E-state index in [1.54, 1.807) is 0 Å². The summed E-state index contributed by atoms with van der Waals surface area (Å²) in [7, 11) is 0. The predicted molar refractivity (Wildman–Crippen MR) is 77.7 cm³/mol. The third-order valence-electron chi connectivity index (χ3n) is 4.04. The van der Waals surface area contributed by atoms with Crippen LogP contribution in [0.4, 0.5) is 5.69 Å². The smallest absolute Gasteiger partial charge is 0.265 e. The van der Waals surface area contributed by atoms with Crippen LogP contribution in [0.25, 0.3) is 0 Å². The van der Waals surface area contributed by atoms with Crippen LogP contribution in [0.3, 0.4) is 0 Å². The number of nitrogen functional groups attached to an aromatic ring is 1. The Morgan fingerprint density at radius 3 is 2.58 bits per heavy atom. The molecule has 1 amide bonds. The average molecular weight is 261 g/mol. The zero-order valence-electron chi connectivity index (χ0n) is 11.9. The Balaban J connectivity index is 2.14. The topological polar surface area (TPSA) is 58.4 Å². The van der Waals surface area contributed by atoms with Gasteiger partial charge in [-0.05, 0) is 51.3 Å². The van der Waals surface area contributed by atoms with Crippen LogP contribution >= 0.6 is 0 Å². The molecule has 1 aliphatic rings. The molecule has 0 aliphatic carbocycles. The lowest BCUT2D eigenvalue weighted by Gasteiger charge is -2.38. The van der Waals surface area contributed by atoms with E-state index in [0.717, 1.165) is 18.4 Å². The molecule has 0 bridgehead atoms. The van der Waals surface area contributed by atoms with Crippen LogP contribution in [-0.4, -0.2) is 23.0 Å². The number of carbonyl (C=O) groups is 1. The first-order chi connectivity index (χ1) is 9.00. The molecule has 2 rings (SSSR count). The molecule has 1 aliphatic heterocycles. The number of hydrazine groups is 1. The molecule has 4 nitrogen and oxygen atoms in total. The SMILES string of the molecule is Cc1c(N)cccc1C(=O)NN1C(C)CCCC1C. The molecular formula is C15H23N3O. The minimum Gasteiger partial charge on any atom is -0.398 e. The van der Waals surface area contributed by atoms with Crippen LogP contribution in [0.5, 0.6) is 0 Å². The highest BCUT2D eigenvalue weighted by atomic mass is 16.2. The first kappa shape index (κ1) is 13.9. The van der Waals surface area contributed by atoms with Gasteiger partial charge in [-0.1, -0.05) is 12.5 Å². The number of nitrogens with one attached hydrogen (secondary N) is 1. The number of piperidine rings is 1. The first-order valence-corrected chi connectivity index (χ1v) is 6.95. The summed E-state index contributed by atoms with van der Waals surface area (Å²) in [5.74, 6) is -0.0644. The number of anilines is 1. The van der Waals surface area contributed by atoms with Crippen molar-refractivity contribution in [2.24, 2.45) is 0 Å². The van der Waals surface area contributed by atoms with E-state index in [-0.39, 0.29) is 5.91 Å². The van der Waals surface area contributed by atoms with E-state index in [1.807, 2.05) is 25.1 Å². The van der Waals surface area contributed by atoms with Crippen molar-refractivity contribution in [2.45, 2.75) is 52.1 Å². The van der Waals surface area contributed by atoms with E-state index in [2.05, 4.69) is 24.3 Å². The highest BCUT2D eigenvalue weighted by Crippen LogP contribution is 2.21. The summed E-state index contributed by atoms with van der Waals surface area (Å²) in [5, 5.41) is 2.08. The van der Waals surface area contributed by atoms with Gasteiger partial charge in [0.25, 0.3) is 5.91 Å². The van der Waals surface area contributed by atoms with E-state index in [0.29, 0.717) is 23.3 Å². The number of amides is 1. The largest absolute Gasteiger partial charge is 0.398 e. The van der Waals surface area contributed by atoms with Gasteiger partial charge in [0.1, 0.15) is 0 Å². The minimum atomic E-state index is -0.0644. The third-order valence-corrected chi connectivity index (χ3v) is 4.04. The van der Waals surface area contributed by atoms with Crippen molar-refractivity contribution < 1.29 is 4.79 Å². The standard InChI is InChI=1S/C15H23N3O/c1-10-6-4-7-11(2)18(10)17-15(19)13-8-5-9-14(16)12(13)3/h5,8-11H,4,6-7,16H2,1-3H3,(H,17,19). The number of benzene rings is 1. The molecule has 0 spiro atoms. The van der Waals surface area contributed by atoms with E-state index in [9.17, 15) is 4.79 Å². The average Bonchev–Trinajstić information content (AvgIpc) is 2.37. The van der Waals surface area contributed by atoms with Gasteiger partial charge in [-0.2, -0.15) is 0 Å². The Bertz CT molecular complexity index is 462. The predicted octanol–water partition coefficient (Wildman–Crippen LogP) is 2.48. The lowest BCUT2D eigenvalue weighted by Crippen LogP contribution is -2.54. The molecule has 1 fully saturated rings. The van der Waals surface area contributed by atoms with Crippen LogP contribution in [0.2, 0.25) is 0 Å². The van der Waals surface area contributed by atoms with Gasteiger partial charge in [0.2, 0.25) is 0 Å². The van der Waals surface area contributed by atoms with Gasteiger partial charge < -0.3 is 5.73 Å². The highest BCUT2D eigenvalue weighted by Gasteiger charge is 2.26. The van der Waals surface area contributed by atoms with E-state index in [4.69, 9.17) is 5.73 Å². The lowest BCUT2D eigenvalue weighted by atomic mass is 9.99. The molecule has 1 aromatic rings. The van der Waals surface area contributed by atoms with Crippen LogP contribution in [-0.2, 0) is 0 Å². The Morgan fingerprint density at radius 2 is 1.95 bits per heavy atom. The molecule has 3 N–H and O–H groups in total. The van der Waals surface area contributed by atoms with Gasteiger partial charge in [-0.3, -0.25) is 10.2 Å². The maximum absolute atomic E-state index is 12.4. The fourth-order valence-electron chi connectivity index (χ4n) is 2.72. The van der Waals surface area contributed by atoms with E-state index in [1.165, 1.54) is 6.42 Å². The van der Waals surface area contributed by atoms with Crippen molar-refractivity contribution >= 4 is 11.6 Å². The highest BCUT2D eigenvalue weighted by molar-refractivity contribution is 5.96. The Hall–Kier alpha value is -1.55. The molecule has 4 heteroatoms. The molecule has 2 unspecified atom stereocenters. The van der Waals surface area contributed by atoms with Gasteiger partial charge in [0, 0.05) is 23.3 Å². The summed E-state index contributed by atoms with van der Waals surface area (Å²) in [4.78, 5) is 12.4. The third kappa shape index (κ3) is 2.89. The molecule has 1 aromatic carbocycles. The summed E-state index contributed by atoms with van der Waals surface area (Å²) >= 11 is 0. The van der Waals surface area contributed by atoms with Gasteiger partial charge >= 0.3 is 0 Å². The zero-order chi connectivity index (χ0) is 14.0. The zero-order valence-corrected chi connectivity index (χ0v) is 11.9. The van der Waals surface area contributed by atoms with E-state index >= 15 is 0 Å². The Morgan fingerprint density at radius 1 is 1.32 bits per heavy atom. The van der Waals surface area contributed by atoms with Crippen molar-refractivity contribution in [1.29, 1.82) is 0 Å². The van der Waals surface area contributed by atoms with Gasteiger partial charge in [-0.15, -0.1) is 0 Å². The first-order valence-electron chi connectivity index (χ1n) is 6.95. The molecule has 0 radical (unpaired) electrons. The molecule has 19 heavy (non-hydrogen) atoms. The van der Waals surface area contributed by atoms with Crippen LogP contribution < -0.4 is 11.2 Å². The summed E-state index contributed by atoms with van der Waals surface area (Å²) in [5.41, 5.74) is 11.1. The van der Waals surface area contributed by atoms with Gasteiger partial charge in [-0.25, -0.2) is 5.01 Å². The number of hydrogen-bond acceptors (Lipinski definition) is 3. The number of hydrogen-bond donors (Lipinski definition) is 2. The molecule has 0 aromatic heterocycles. The van der Waals surface area contributed by atoms with Crippen LogP contribution in [0.1, 0.15) is 49.0 Å². The second-order valence-corrected chi connectivity index (χ2v) is 5.50. The maximum Gasteiger partial charge on any atom is 0.265 e. The number of nitrogens with two attached hydrogens (primary N) is 1. The molecule has 1 saturated heterocycles. The lowest BCUT2D eigenvalue weighted by molar-refractivity contribution is 0.0369. The Kier molecular flexibility index (Phi) is 4.10. The van der Waals surface area contributed by atoms with Gasteiger partial charge in [0.15, 0.2) is 0 Å². The molecule has 1 heterocycles. The molecule has 104 valence electrons. The van der Waals surface area contributed by atoms with Crippen molar-refractivity contribution in [3.8, 4) is 0 Å². The maximum atomic E-state index is 12.4. The second kappa shape index (κ2) is 5.61. The van der Waals surface area contributed by atoms with E-state index < -0.39 is 0 Å². The van der Waals surface area contributed by atoms with Gasteiger partial charge in [0.05, 0.1) is 0 Å². The monoisotopic (exact) mass is 261 g/mol. The van der Waals surface area contributed by atoms with Crippen molar-refractivity contribution in [3.05, 3.63) is 29.3 Å². The number of rotatable bonds is 2. The molecule has 2 atom stereocenters. The number of nitrogens with zero attached hydrogens (tertiary/aromatic N) is 1. The number of carbonyl (C=O) groups excluding carboxylic acids is 1. The van der Waals surface area contributed by atoms with Crippen LogP contribution in [0.15, 0.2) is 18.2 Å². The summed E-state index contributed by atoms with van der Waals surface area (Å²) < 4.78 is 0. The fraction of sp³-hybridized carbons (Fsp3) is 0.533. The quantitative estimate of drug-likeness (QED) is 0.804. The second-order valence-electron chi connectivity index (χ2n) is 5.50. The van der Waals surface area contributed by atoms with Crippen molar-refractivity contribution in [3.63, 3.8) is 0 Å². The summed E-state index contributed by atoms with van der Waals surface area (Å²) in [6.07, 6.45) is 3.48. The van der Waals surface area contributed by atoms with Crippen molar-refractivity contribution in [2.75, 3.05) is 5.73 Å². The Labute approximate surface area is 114 Å². The molecular weight excluding hydrogens is 238 g/mol. The van der Waals surface area contributed by atoms with Crippen LogP contribution in [0, 0.1) is 6.92 Å². The normalized spacial score (nSPS) is 24.2. The van der Waals surface area contributed by atoms with Crippen molar-refractivity contribution in [1.82, 2.24) is 10.4 Å². The summed E-state index contributed by atoms with van der Waals surface area (Å²) in [6, 6.07) is 6.22. The fourth-order valence-corrected chi connectivity index (χ4v) is 2.72. The summed E-state index contributed by atoms with van der Waals surface area (Å²) in [6.45, 7) is 6.19. The molecule has 0 saturated carbocycles.